The third-order valence-electron chi connectivity index (χ3n) is 6.40. The molecular weight excluding hydrogens is 555 g/mol. The van der Waals surface area contributed by atoms with E-state index in [4.69, 9.17) is 0 Å². The number of nitrogens with one attached hydrogen (secondary N) is 1. The Balaban J connectivity index is 2.06. The van der Waals surface area contributed by atoms with Crippen LogP contribution in [0.15, 0.2) is 83.8 Å². The van der Waals surface area contributed by atoms with Crippen LogP contribution in [0.3, 0.4) is 0 Å². The average molecular weight is 590 g/mol. The number of carbonyl (C=O) groups is 2. The molecule has 220 valence electrons. The van der Waals surface area contributed by atoms with Crippen LogP contribution in [-0.4, -0.2) is 44.3 Å². The fourth-order valence-electron chi connectivity index (χ4n) is 4.02. The van der Waals surface area contributed by atoms with E-state index >= 15 is 0 Å². The SMILES string of the molecule is Cc1ccc(S(=O)(=O)N(CC(=O)N(Cc2ccccc2)[C@@H](C)C(=O)NCC(C)C)c2cccc(C(F)(F)F)c2)cc1. The fourth-order valence-corrected chi connectivity index (χ4v) is 5.42. The van der Waals surface area contributed by atoms with Crippen LogP contribution >= 0.6 is 0 Å². The highest BCUT2D eigenvalue weighted by atomic mass is 32.2. The Labute approximate surface area is 239 Å². The van der Waals surface area contributed by atoms with Crippen molar-refractivity contribution in [3.63, 3.8) is 0 Å². The second-order valence-electron chi connectivity index (χ2n) is 10.2. The largest absolute Gasteiger partial charge is 0.416 e. The topological polar surface area (TPSA) is 86.8 Å². The third kappa shape index (κ3) is 8.32. The maximum absolute atomic E-state index is 13.8. The van der Waals surface area contributed by atoms with Gasteiger partial charge in [0.25, 0.3) is 10.0 Å². The molecule has 2 amide bonds. The molecule has 0 fully saturated rings. The Hall–Kier alpha value is -3.86. The highest BCUT2D eigenvalue weighted by Crippen LogP contribution is 2.33. The van der Waals surface area contributed by atoms with Crippen molar-refractivity contribution in [2.75, 3.05) is 17.4 Å². The number of halogens is 3. The molecule has 1 N–H and O–H groups in total. The van der Waals surface area contributed by atoms with E-state index in [1.165, 1.54) is 30.0 Å². The van der Waals surface area contributed by atoms with Crippen molar-refractivity contribution >= 4 is 27.5 Å². The first kappa shape index (κ1) is 31.7. The van der Waals surface area contributed by atoms with Gasteiger partial charge in [-0.05, 0) is 55.7 Å². The molecule has 0 bridgehead atoms. The predicted molar refractivity (Wildman–Crippen MR) is 151 cm³/mol. The number of amides is 2. The van der Waals surface area contributed by atoms with Gasteiger partial charge in [0.05, 0.1) is 16.1 Å². The van der Waals surface area contributed by atoms with Crippen molar-refractivity contribution in [2.45, 2.75) is 51.4 Å². The highest BCUT2D eigenvalue weighted by Gasteiger charge is 2.35. The molecule has 0 unspecified atom stereocenters. The summed E-state index contributed by atoms with van der Waals surface area (Å²) in [6.45, 7) is 6.65. The van der Waals surface area contributed by atoms with Gasteiger partial charge in [0.1, 0.15) is 12.6 Å². The second-order valence-corrected chi connectivity index (χ2v) is 12.1. The molecule has 0 saturated heterocycles. The first-order valence-electron chi connectivity index (χ1n) is 13.1. The monoisotopic (exact) mass is 589 g/mol. The first-order valence-corrected chi connectivity index (χ1v) is 14.5. The minimum absolute atomic E-state index is 0.0169. The molecule has 0 saturated carbocycles. The van der Waals surface area contributed by atoms with Gasteiger partial charge in [-0.25, -0.2) is 8.42 Å². The summed E-state index contributed by atoms with van der Waals surface area (Å²) >= 11 is 0. The summed E-state index contributed by atoms with van der Waals surface area (Å²) in [7, 11) is -4.48. The zero-order valence-electron chi connectivity index (χ0n) is 23.4. The molecule has 0 aliphatic heterocycles. The number of rotatable bonds is 11. The lowest BCUT2D eigenvalue weighted by Gasteiger charge is -2.32. The van der Waals surface area contributed by atoms with Crippen molar-refractivity contribution in [2.24, 2.45) is 5.92 Å². The summed E-state index contributed by atoms with van der Waals surface area (Å²) in [5, 5.41) is 2.78. The van der Waals surface area contributed by atoms with E-state index in [0.29, 0.717) is 22.5 Å². The van der Waals surface area contributed by atoms with Crippen LogP contribution in [0.2, 0.25) is 0 Å². The number of hydrogen-bond acceptors (Lipinski definition) is 4. The van der Waals surface area contributed by atoms with Gasteiger partial charge < -0.3 is 10.2 Å². The van der Waals surface area contributed by atoms with Crippen molar-refractivity contribution in [3.05, 3.63) is 95.6 Å². The van der Waals surface area contributed by atoms with Crippen molar-refractivity contribution in [1.29, 1.82) is 0 Å². The standard InChI is InChI=1S/C30H34F3N3O4S/c1-21(2)18-34-29(38)23(4)35(19-24-9-6-5-7-10-24)28(37)20-36(26-12-8-11-25(17-26)30(31,32)33)41(39,40)27-15-13-22(3)14-16-27/h5-17,21,23H,18-20H2,1-4H3,(H,34,38)/t23-/m0/s1. The minimum atomic E-state index is -4.73. The molecule has 1 atom stereocenters. The number of benzene rings is 3. The molecule has 3 aromatic carbocycles. The van der Waals surface area contributed by atoms with Crippen molar-refractivity contribution in [1.82, 2.24) is 10.2 Å². The highest BCUT2D eigenvalue weighted by molar-refractivity contribution is 7.92. The van der Waals surface area contributed by atoms with Crippen LogP contribution in [0, 0.1) is 12.8 Å². The Kier molecular flexibility index (Phi) is 10.2. The normalized spacial score (nSPS) is 12.6. The zero-order chi connectivity index (χ0) is 30.4. The number of alkyl halides is 3. The maximum atomic E-state index is 13.8. The number of hydrogen-bond donors (Lipinski definition) is 1. The maximum Gasteiger partial charge on any atom is 0.416 e. The molecular formula is C30H34F3N3O4S. The van der Waals surface area contributed by atoms with Crippen LogP contribution in [0.5, 0.6) is 0 Å². The van der Waals surface area contributed by atoms with Crippen LogP contribution in [0.1, 0.15) is 37.5 Å². The Morgan fingerprint density at radius 1 is 0.902 bits per heavy atom. The molecule has 0 heterocycles. The van der Waals surface area contributed by atoms with E-state index < -0.39 is 46.2 Å². The summed E-state index contributed by atoms with van der Waals surface area (Å²) in [5.41, 5.74) is 0.0803. The van der Waals surface area contributed by atoms with Gasteiger partial charge >= 0.3 is 6.18 Å². The quantitative estimate of drug-likeness (QED) is 0.325. The zero-order valence-corrected chi connectivity index (χ0v) is 24.2. The Bertz CT molecular complexity index is 1440. The second kappa shape index (κ2) is 13.2. The van der Waals surface area contributed by atoms with Gasteiger partial charge in [0.15, 0.2) is 0 Å². The van der Waals surface area contributed by atoms with Crippen LogP contribution in [0.4, 0.5) is 18.9 Å². The van der Waals surface area contributed by atoms with Crippen LogP contribution in [-0.2, 0) is 32.3 Å². The lowest BCUT2D eigenvalue weighted by atomic mass is 10.1. The van der Waals surface area contributed by atoms with Gasteiger partial charge in [-0.1, -0.05) is 67.9 Å². The van der Waals surface area contributed by atoms with Crippen molar-refractivity contribution in [3.8, 4) is 0 Å². The van der Waals surface area contributed by atoms with Crippen LogP contribution < -0.4 is 9.62 Å². The first-order chi connectivity index (χ1) is 19.2. The number of anilines is 1. The molecule has 0 aliphatic rings. The third-order valence-corrected chi connectivity index (χ3v) is 8.18. The molecule has 0 aliphatic carbocycles. The number of sulfonamides is 1. The lowest BCUT2D eigenvalue weighted by Crippen LogP contribution is -2.51. The van der Waals surface area contributed by atoms with Gasteiger partial charge in [0, 0.05) is 13.1 Å². The summed E-state index contributed by atoms with van der Waals surface area (Å²) in [4.78, 5) is 27.9. The molecule has 3 rings (SSSR count). The molecule has 0 radical (unpaired) electrons. The van der Waals surface area contributed by atoms with E-state index in [1.54, 1.807) is 49.4 Å². The fraction of sp³-hybridized carbons (Fsp3) is 0.333. The van der Waals surface area contributed by atoms with E-state index in [2.05, 4.69) is 5.32 Å². The van der Waals surface area contributed by atoms with Gasteiger partial charge in [0.2, 0.25) is 11.8 Å². The smallest absolute Gasteiger partial charge is 0.354 e. The summed E-state index contributed by atoms with van der Waals surface area (Å²) in [6.07, 6.45) is -4.73. The number of aryl methyl sites for hydroxylation is 1. The average Bonchev–Trinajstić information content (AvgIpc) is 2.93. The van der Waals surface area contributed by atoms with Gasteiger partial charge in [-0.3, -0.25) is 13.9 Å². The van der Waals surface area contributed by atoms with Crippen LogP contribution in [0.25, 0.3) is 0 Å². The summed E-state index contributed by atoms with van der Waals surface area (Å²) in [5.74, 6) is -1.04. The van der Waals surface area contributed by atoms with Gasteiger partial charge in [-0.2, -0.15) is 13.2 Å². The van der Waals surface area contributed by atoms with E-state index in [9.17, 15) is 31.2 Å². The predicted octanol–water partition coefficient (Wildman–Crippen LogP) is 5.40. The van der Waals surface area contributed by atoms with E-state index in [0.717, 1.165) is 17.7 Å². The van der Waals surface area contributed by atoms with Crippen molar-refractivity contribution < 1.29 is 31.2 Å². The Morgan fingerprint density at radius 3 is 2.12 bits per heavy atom. The lowest BCUT2D eigenvalue weighted by molar-refractivity contribution is -0.139. The molecule has 41 heavy (non-hydrogen) atoms. The molecule has 11 heteroatoms. The van der Waals surface area contributed by atoms with Gasteiger partial charge in [-0.15, -0.1) is 0 Å². The number of carbonyl (C=O) groups excluding carboxylic acids is 2. The molecule has 0 spiro atoms. The summed E-state index contributed by atoms with van der Waals surface area (Å²) in [6, 6.07) is 17.4. The molecule has 7 nitrogen and oxygen atoms in total. The Morgan fingerprint density at radius 2 is 1.54 bits per heavy atom. The molecule has 3 aromatic rings. The number of nitrogens with zero attached hydrogens (tertiary/aromatic N) is 2. The van der Waals surface area contributed by atoms with E-state index in [-0.39, 0.29) is 23.0 Å². The molecule has 0 aromatic heterocycles. The van der Waals surface area contributed by atoms with E-state index in [1.807, 2.05) is 13.8 Å². The minimum Gasteiger partial charge on any atom is -0.354 e. The summed E-state index contributed by atoms with van der Waals surface area (Å²) < 4.78 is 68.9.